The van der Waals surface area contributed by atoms with E-state index in [9.17, 15) is 15.3 Å². The van der Waals surface area contributed by atoms with Crippen LogP contribution >= 0.6 is 0 Å². The van der Waals surface area contributed by atoms with E-state index in [-0.39, 0.29) is 17.2 Å². The topological polar surface area (TPSA) is 73.2 Å². The predicted octanol–water partition coefficient (Wildman–Crippen LogP) is 7.61. The molecule has 0 bridgehead atoms. The van der Waals surface area contributed by atoms with E-state index in [1.54, 1.807) is 30.3 Å². The van der Waals surface area contributed by atoms with Gasteiger partial charge in [-0.1, -0.05) is 24.3 Å². The number of hydrogen-bond acceptors (Lipinski definition) is 5. The van der Waals surface area contributed by atoms with Crippen molar-refractivity contribution in [3.8, 4) is 28.7 Å². The molecule has 0 spiro atoms. The van der Waals surface area contributed by atoms with Crippen molar-refractivity contribution >= 4 is 17.1 Å². The van der Waals surface area contributed by atoms with Crippen LogP contribution < -0.4 is 9.64 Å². The zero-order valence-electron chi connectivity index (χ0n) is 20.0. The van der Waals surface area contributed by atoms with Gasteiger partial charge >= 0.3 is 0 Å². The molecule has 4 aromatic carbocycles. The SMILES string of the molecule is Cc1ccc(O)c(N(c2ccc(Oc3cccc(C)c3O)cc2)c2c(O)ccc(C)c2C)c1C. The van der Waals surface area contributed by atoms with Gasteiger partial charge in [0.15, 0.2) is 11.5 Å². The van der Waals surface area contributed by atoms with Crippen LogP contribution in [-0.2, 0) is 0 Å². The molecule has 0 unspecified atom stereocenters. The molecule has 0 aliphatic heterocycles. The van der Waals surface area contributed by atoms with Crippen LogP contribution in [0.3, 0.4) is 0 Å². The van der Waals surface area contributed by atoms with Crippen molar-refractivity contribution in [2.75, 3.05) is 4.90 Å². The quantitative estimate of drug-likeness (QED) is 0.289. The van der Waals surface area contributed by atoms with E-state index >= 15 is 0 Å². The molecule has 4 rings (SSSR count). The predicted molar refractivity (Wildman–Crippen MR) is 136 cm³/mol. The first-order valence-corrected chi connectivity index (χ1v) is 11.1. The number of nitrogens with zero attached hydrogens (tertiary/aromatic N) is 1. The lowest BCUT2D eigenvalue weighted by Crippen LogP contribution is -2.14. The molecule has 0 heterocycles. The molecule has 0 aliphatic rings. The number of rotatable bonds is 5. The maximum absolute atomic E-state index is 10.9. The van der Waals surface area contributed by atoms with Gasteiger partial charge in [-0.3, -0.25) is 0 Å². The summed E-state index contributed by atoms with van der Waals surface area (Å²) in [5.41, 5.74) is 6.55. The van der Waals surface area contributed by atoms with Gasteiger partial charge in [0, 0.05) is 5.69 Å². The third-order valence-corrected chi connectivity index (χ3v) is 6.33. The smallest absolute Gasteiger partial charge is 0.169 e. The highest BCUT2D eigenvalue weighted by molar-refractivity contribution is 5.87. The number of phenols is 3. The molecule has 4 aromatic rings. The first kappa shape index (κ1) is 23.1. The molecule has 0 saturated heterocycles. The van der Waals surface area contributed by atoms with Gasteiger partial charge in [-0.15, -0.1) is 0 Å². The van der Waals surface area contributed by atoms with Gasteiger partial charge in [-0.2, -0.15) is 0 Å². The molecule has 0 amide bonds. The lowest BCUT2D eigenvalue weighted by atomic mass is 10.0. The molecule has 3 N–H and O–H groups in total. The van der Waals surface area contributed by atoms with Gasteiger partial charge in [0.05, 0.1) is 11.4 Å². The highest BCUT2D eigenvalue weighted by Gasteiger charge is 2.24. The Balaban J connectivity index is 1.85. The third-order valence-electron chi connectivity index (χ3n) is 6.33. The highest BCUT2D eigenvalue weighted by Crippen LogP contribution is 2.48. The van der Waals surface area contributed by atoms with Crippen LogP contribution in [0, 0.1) is 34.6 Å². The van der Waals surface area contributed by atoms with E-state index in [4.69, 9.17) is 4.74 Å². The molecule has 174 valence electrons. The summed E-state index contributed by atoms with van der Waals surface area (Å²) in [7, 11) is 0. The largest absolute Gasteiger partial charge is 0.506 e. The average molecular weight is 456 g/mol. The van der Waals surface area contributed by atoms with Gasteiger partial charge in [-0.25, -0.2) is 0 Å². The second-order valence-electron chi connectivity index (χ2n) is 8.60. The van der Waals surface area contributed by atoms with Crippen LogP contribution in [0.25, 0.3) is 0 Å². The summed E-state index contributed by atoms with van der Waals surface area (Å²) in [6, 6.07) is 19.8. The molecule has 5 heteroatoms. The summed E-state index contributed by atoms with van der Waals surface area (Å²) >= 11 is 0. The summed E-state index contributed by atoms with van der Waals surface area (Å²) in [6.07, 6.45) is 0. The molecule has 0 saturated carbocycles. The molecule has 5 nitrogen and oxygen atoms in total. The Kier molecular flexibility index (Phi) is 6.12. The Labute approximate surface area is 200 Å². The first-order chi connectivity index (χ1) is 16.2. The molecule has 34 heavy (non-hydrogen) atoms. The van der Waals surface area contributed by atoms with E-state index in [0.717, 1.165) is 33.5 Å². The second kappa shape index (κ2) is 9.02. The van der Waals surface area contributed by atoms with Crippen LogP contribution in [0.2, 0.25) is 0 Å². The molecular formula is C29H29NO4. The first-order valence-electron chi connectivity index (χ1n) is 11.1. The maximum Gasteiger partial charge on any atom is 0.169 e. The molecular weight excluding hydrogens is 426 g/mol. The Morgan fingerprint density at radius 3 is 1.65 bits per heavy atom. The van der Waals surface area contributed by atoms with Crippen molar-refractivity contribution in [3.63, 3.8) is 0 Å². The standard InChI is InChI=1S/C29H29NO4/c1-17-9-15-24(31)27(20(17)4)30(28-21(5)18(2)10-16-25(28)32)22-11-13-23(14-12-22)34-26-8-6-7-19(3)29(26)33/h6-16,31-33H,1-5H3. The van der Waals surface area contributed by atoms with E-state index in [1.165, 1.54) is 0 Å². The maximum atomic E-state index is 10.9. The van der Waals surface area contributed by atoms with Gasteiger partial charge in [0.1, 0.15) is 17.2 Å². The number of aromatic hydroxyl groups is 3. The van der Waals surface area contributed by atoms with Crippen LogP contribution in [0.5, 0.6) is 28.7 Å². The zero-order chi connectivity index (χ0) is 24.6. The van der Waals surface area contributed by atoms with Crippen LogP contribution in [0.15, 0.2) is 66.7 Å². The number of phenolic OH excluding ortho intramolecular Hbond substituents is 3. The van der Waals surface area contributed by atoms with Crippen LogP contribution in [-0.4, -0.2) is 15.3 Å². The average Bonchev–Trinajstić information content (AvgIpc) is 2.82. The minimum absolute atomic E-state index is 0.105. The fraction of sp³-hybridized carbons (Fsp3) is 0.172. The number of anilines is 3. The Bertz CT molecular complexity index is 1300. The van der Waals surface area contributed by atoms with E-state index in [1.807, 2.05) is 75.9 Å². The van der Waals surface area contributed by atoms with Gasteiger partial charge in [0.2, 0.25) is 0 Å². The molecule has 0 fully saturated rings. The van der Waals surface area contributed by atoms with E-state index < -0.39 is 0 Å². The van der Waals surface area contributed by atoms with Crippen molar-refractivity contribution in [1.82, 2.24) is 0 Å². The Morgan fingerprint density at radius 2 is 1.12 bits per heavy atom. The van der Waals surface area contributed by atoms with Gasteiger partial charge in [0.25, 0.3) is 0 Å². The Hall–Kier alpha value is -4.12. The number of para-hydroxylation sites is 1. The van der Waals surface area contributed by atoms with Crippen LogP contribution in [0.4, 0.5) is 17.1 Å². The molecule has 0 atom stereocenters. The summed E-state index contributed by atoms with van der Waals surface area (Å²) in [4.78, 5) is 1.88. The van der Waals surface area contributed by atoms with Crippen molar-refractivity contribution in [1.29, 1.82) is 0 Å². The molecule has 0 radical (unpaired) electrons. The Morgan fingerprint density at radius 1 is 0.588 bits per heavy atom. The molecule has 0 aromatic heterocycles. The fourth-order valence-electron chi connectivity index (χ4n) is 4.01. The lowest BCUT2D eigenvalue weighted by molar-refractivity contribution is 0.408. The summed E-state index contributed by atoms with van der Waals surface area (Å²) in [5.74, 6) is 1.28. The van der Waals surface area contributed by atoms with Gasteiger partial charge < -0.3 is 25.0 Å². The number of aryl methyl sites for hydroxylation is 3. The fourth-order valence-corrected chi connectivity index (χ4v) is 4.01. The summed E-state index contributed by atoms with van der Waals surface area (Å²) in [6.45, 7) is 9.71. The number of hydrogen-bond donors (Lipinski definition) is 3. The van der Waals surface area contributed by atoms with Crippen molar-refractivity contribution < 1.29 is 20.1 Å². The van der Waals surface area contributed by atoms with Crippen molar-refractivity contribution in [2.24, 2.45) is 0 Å². The van der Waals surface area contributed by atoms with Crippen molar-refractivity contribution in [2.45, 2.75) is 34.6 Å². The van der Waals surface area contributed by atoms with Crippen LogP contribution in [0.1, 0.15) is 27.8 Å². The minimum atomic E-state index is 0.105. The van der Waals surface area contributed by atoms with E-state index in [2.05, 4.69) is 0 Å². The van der Waals surface area contributed by atoms with Crippen molar-refractivity contribution in [3.05, 3.63) is 94.5 Å². The third kappa shape index (κ3) is 4.13. The molecule has 0 aliphatic carbocycles. The minimum Gasteiger partial charge on any atom is -0.506 e. The normalized spacial score (nSPS) is 10.9. The lowest BCUT2D eigenvalue weighted by Gasteiger charge is -2.30. The summed E-state index contributed by atoms with van der Waals surface area (Å²) < 4.78 is 5.90. The highest BCUT2D eigenvalue weighted by atomic mass is 16.5. The zero-order valence-corrected chi connectivity index (χ0v) is 20.0. The monoisotopic (exact) mass is 455 g/mol. The van der Waals surface area contributed by atoms with Gasteiger partial charge in [-0.05, 0) is 105 Å². The van der Waals surface area contributed by atoms with E-state index in [0.29, 0.717) is 22.9 Å². The number of benzene rings is 4. The second-order valence-corrected chi connectivity index (χ2v) is 8.60. The summed E-state index contributed by atoms with van der Waals surface area (Å²) in [5, 5.41) is 32.1. The number of ether oxygens (including phenoxy) is 1.